The molecule has 2 aromatic carbocycles. The number of benzene rings is 2. The van der Waals surface area contributed by atoms with Gasteiger partial charge in [0.15, 0.2) is 11.5 Å². The summed E-state index contributed by atoms with van der Waals surface area (Å²) in [4.78, 5) is 4.98. The fourth-order valence-corrected chi connectivity index (χ4v) is 4.58. The van der Waals surface area contributed by atoms with Gasteiger partial charge in [-0.2, -0.15) is 5.26 Å². The van der Waals surface area contributed by atoms with Crippen molar-refractivity contribution in [3.05, 3.63) is 54.1 Å². The molecule has 1 aliphatic heterocycles. The van der Waals surface area contributed by atoms with Gasteiger partial charge in [0.1, 0.15) is 0 Å². The van der Waals surface area contributed by atoms with E-state index in [9.17, 15) is 5.26 Å². The molecular formula is C26H35N3O2. The van der Waals surface area contributed by atoms with Crippen molar-refractivity contribution in [3.63, 3.8) is 0 Å². The fourth-order valence-electron chi connectivity index (χ4n) is 4.58. The van der Waals surface area contributed by atoms with Crippen LogP contribution in [0.1, 0.15) is 32.3 Å². The highest BCUT2D eigenvalue weighted by Gasteiger charge is 2.36. The largest absolute Gasteiger partial charge is 0.493 e. The van der Waals surface area contributed by atoms with Crippen LogP contribution >= 0.6 is 0 Å². The Bertz CT molecular complexity index is 870. The van der Waals surface area contributed by atoms with Gasteiger partial charge in [0.25, 0.3) is 0 Å². The Morgan fingerprint density at radius 2 is 1.65 bits per heavy atom. The van der Waals surface area contributed by atoms with Crippen LogP contribution in [0.25, 0.3) is 0 Å². The molecule has 0 amide bonds. The molecule has 0 N–H and O–H groups in total. The van der Waals surface area contributed by atoms with E-state index < -0.39 is 5.41 Å². The van der Waals surface area contributed by atoms with E-state index in [4.69, 9.17) is 9.47 Å². The second-order valence-electron chi connectivity index (χ2n) is 8.58. The van der Waals surface area contributed by atoms with Crippen LogP contribution in [0.3, 0.4) is 0 Å². The van der Waals surface area contributed by atoms with Gasteiger partial charge in [-0.1, -0.05) is 38.1 Å². The second kappa shape index (κ2) is 10.5. The molecule has 2 aromatic rings. The molecule has 0 spiro atoms. The Labute approximate surface area is 187 Å². The average molecular weight is 422 g/mol. The van der Waals surface area contributed by atoms with Crippen LogP contribution in [0, 0.1) is 17.2 Å². The zero-order chi connectivity index (χ0) is 22.3. The normalized spacial score (nSPS) is 16.6. The standard InChI is InChI=1S/C26H35N3O2/c1-21(2)26(20-27,22-11-12-24(30-3)25(19-22)31-4)13-8-14-28-15-17-29(18-16-28)23-9-6-5-7-10-23/h5-7,9-12,19,21H,8,13-18H2,1-4H3/t26-/m1/s1. The van der Waals surface area contributed by atoms with Gasteiger partial charge >= 0.3 is 0 Å². The third kappa shape index (κ3) is 5.14. The number of anilines is 1. The molecule has 0 aromatic heterocycles. The van der Waals surface area contributed by atoms with E-state index in [1.54, 1.807) is 14.2 Å². The SMILES string of the molecule is COc1ccc([C@@](C#N)(CCCN2CCN(c3ccccc3)CC2)C(C)C)cc1OC. The Morgan fingerprint density at radius 3 is 2.23 bits per heavy atom. The molecule has 1 heterocycles. The van der Waals surface area contributed by atoms with Crippen molar-refractivity contribution in [2.24, 2.45) is 5.92 Å². The van der Waals surface area contributed by atoms with Crippen LogP contribution in [0.15, 0.2) is 48.5 Å². The number of rotatable bonds is 9. The number of nitriles is 1. The lowest BCUT2D eigenvalue weighted by Gasteiger charge is -2.37. The molecule has 0 radical (unpaired) electrons. The summed E-state index contributed by atoms with van der Waals surface area (Å²) in [7, 11) is 3.27. The minimum atomic E-state index is -0.536. The van der Waals surface area contributed by atoms with E-state index >= 15 is 0 Å². The summed E-state index contributed by atoms with van der Waals surface area (Å²) in [6.07, 6.45) is 1.82. The predicted octanol–water partition coefficient (Wildman–Crippen LogP) is 4.72. The van der Waals surface area contributed by atoms with Crippen LogP contribution in [0.2, 0.25) is 0 Å². The maximum absolute atomic E-state index is 10.2. The molecular weight excluding hydrogens is 386 g/mol. The minimum absolute atomic E-state index is 0.200. The number of hydrogen-bond acceptors (Lipinski definition) is 5. The van der Waals surface area contributed by atoms with Crippen LogP contribution in [-0.4, -0.2) is 51.8 Å². The Morgan fingerprint density at radius 1 is 0.968 bits per heavy atom. The van der Waals surface area contributed by atoms with Gasteiger partial charge in [-0.3, -0.25) is 4.90 Å². The average Bonchev–Trinajstić information content (AvgIpc) is 2.82. The molecule has 1 atom stereocenters. The quantitative estimate of drug-likeness (QED) is 0.586. The minimum Gasteiger partial charge on any atom is -0.493 e. The maximum atomic E-state index is 10.2. The van der Waals surface area contributed by atoms with Crippen LogP contribution in [-0.2, 0) is 5.41 Å². The first-order chi connectivity index (χ1) is 15.0. The highest BCUT2D eigenvalue weighted by molar-refractivity contribution is 5.48. The maximum Gasteiger partial charge on any atom is 0.161 e. The summed E-state index contributed by atoms with van der Waals surface area (Å²) in [5.74, 6) is 1.57. The van der Waals surface area contributed by atoms with Gasteiger partial charge in [0.2, 0.25) is 0 Å². The Balaban J connectivity index is 1.62. The van der Waals surface area contributed by atoms with E-state index in [1.807, 2.05) is 18.2 Å². The van der Waals surface area contributed by atoms with E-state index in [0.29, 0.717) is 11.5 Å². The third-order valence-corrected chi connectivity index (χ3v) is 6.62. The molecule has 31 heavy (non-hydrogen) atoms. The molecule has 0 unspecified atom stereocenters. The molecule has 1 aliphatic rings. The van der Waals surface area contributed by atoms with Crippen LogP contribution in [0.4, 0.5) is 5.69 Å². The van der Waals surface area contributed by atoms with E-state index in [2.05, 4.69) is 60.0 Å². The number of para-hydroxylation sites is 1. The van der Waals surface area contributed by atoms with Crippen molar-refractivity contribution < 1.29 is 9.47 Å². The van der Waals surface area contributed by atoms with Crippen molar-refractivity contribution in [3.8, 4) is 17.6 Å². The summed E-state index contributed by atoms with van der Waals surface area (Å²) in [5.41, 5.74) is 1.78. The molecule has 0 saturated carbocycles. The van der Waals surface area contributed by atoms with Gasteiger partial charge in [-0.05, 0) is 55.1 Å². The molecule has 5 nitrogen and oxygen atoms in total. The van der Waals surface area contributed by atoms with Gasteiger partial charge in [-0.15, -0.1) is 0 Å². The zero-order valence-corrected chi connectivity index (χ0v) is 19.3. The highest BCUT2D eigenvalue weighted by atomic mass is 16.5. The summed E-state index contributed by atoms with van der Waals surface area (Å²) < 4.78 is 10.9. The van der Waals surface area contributed by atoms with E-state index in [1.165, 1.54) is 5.69 Å². The van der Waals surface area contributed by atoms with Crippen molar-refractivity contribution in [1.82, 2.24) is 4.90 Å². The smallest absolute Gasteiger partial charge is 0.161 e. The topological polar surface area (TPSA) is 48.7 Å². The molecule has 5 heteroatoms. The number of methoxy groups -OCH3 is 2. The highest BCUT2D eigenvalue weighted by Crippen LogP contribution is 2.40. The lowest BCUT2D eigenvalue weighted by atomic mass is 9.69. The third-order valence-electron chi connectivity index (χ3n) is 6.62. The summed E-state index contributed by atoms with van der Waals surface area (Å²) in [6.45, 7) is 9.52. The number of nitrogens with zero attached hydrogens (tertiary/aromatic N) is 3. The van der Waals surface area contributed by atoms with Crippen molar-refractivity contribution in [1.29, 1.82) is 5.26 Å². The number of hydrogen-bond donors (Lipinski definition) is 0. The second-order valence-corrected chi connectivity index (χ2v) is 8.58. The molecule has 3 rings (SSSR count). The first-order valence-electron chi connectivity index (χ1n) is 11.2. The van der Waals surface area contributed by atoms with Crippen LogP contribution < -0.4 is 14.4 Å². The van der Waals surface area contributed by atoms with Crippen LogP contribution in [0.5, 0.6) is 11.5 Å². The summed E-state index contributed by atoms with van der Waals surface area (Å²) in [6, 6.07) is 19.2. The lowest BCUT2D eigenvalue weighted by Crippen LogP contribution is -2.46. The summed E-state index contributed by atoms with van der Waals surface area (Å²) in [5, 5.41) is 10.2. The first-order valence-corrected chi connectivity index (χ1v) is 11.2. The van der Waals surface area contributed by atoms with Crippen molar-refractivity contribution >= 4 is 5.69 Å². The fraction of sp³-hybridized carbons (Fsp3) is 0.500. The number of ether oxygens (including phenoxy) is 2. The lowest BCUT2D eigenvalue weighted by molar-refractivity contribution is 0.239. The molecule has 0 aliphatic carbocycles. The van der Waals surface area contributed by atoms with E-state index in [0.717, 1.165) is 51.1 Å². The zero-order valence-electron chi connectivity index (χ0n) is 19.3. The van der Waals surface area contributed by atoms with Gasteiger partial charge in [0, 0.05) is 31.9 Å². The molecule has 166 valence electrons. The molecule has 1 saturated heterocycles. The Kier molecular flexibility index (Phi) is 7.81. The summed E-state index contributed by atoms with van der Waals surface area (Å²) >= 11 is 0. The van der Waals surface area contributed by atoms with Gasteiger partial charge in [-0.25, -0.2) is 0 Å². The van der Waals surface area contributed by atoms with Gasteiger partial charge in [0.05, 0.1) is 25.7 Å². The predicted molar refractivity (Wildman–Crippen MR) is 126 cm³/mol. The number of piperazine rings is 1. The Hall–Kier alpha value is -2.71. The monoisotopic (exact) mass is 421 g/mol. The van der Waals surface area contributed by atoms with Crippen molar-refractivity contribution in [2.45, 2.75) is 32.1 Å². The molecule has 0 bridgehead atoms. The van der Waals surface area contributed by atoms with Crippen molar-refractivity contribution in [2.75, 3.05) is 51.8 Å². The van der Waals surface area contributed by atoms with E-state index in [-0.39, 0.29) is 5.92 Å². The van der Waals surface area contributed by atoms with Gasteiger partial charge < -0.3 is 14.4 Å². The first kappa shape index (κ1) is 23.0. The molecule has 1 fully saturated rings.